The van der Waals surface area contributed by atoms with E-state index in [1.165, 1.54) is 21.5 Å². The standard InChI is InChI=1S/C38H27N/c1-2-13-33(14-3-1)39(38-27-32-12-6-7-15-35(32)36-16-8-9-17-37(36)38)34-24-21-28(22-25-34)18-19-29-20-23-30-10-4-5-11-31(30)26-29/h1-27H/b19-18+/i18D,19D. The third-order valence-corrected chi connectivity index (χ3v) is 7.23. The maximum absolute atomic E-state index is 8.85. The Morgan fingerprint density at radius 1 is 0.410 bits per heavy atom. The molecule has 0 radical (unpaired) electrons. The van der Waals surface area contributed by atoms with Gasteiger partial charge in [0.15, 0.2) is 0 Å². The first-order chi connectivity index (χ1) is 20.2. The summed E-state index contributed by atoms with van der Waals surface area (Å²) in [6.45, 7) is 0. The first-order valence-corrected chi connectivity index (χ1v) is 13.2. The zero-order chi connectivity index (χ0) is 27.8. The number of hydrogen-bond acceptors (Lipinski definition) is 1. The first-order valence-electron chi connectivity index (χ1n) is 14.2. The molecule has 0 bridgehead atoms. The predicted octanol–water partition coefficient (Wildman–Crippen LogP) is 10.8. The second-order valence-corrected chi connectivity index (χ2v) is 9.69. The van der Waals surface area contributed by atoms with E-state index in [2.05, 4.69) is 102 Å². The van der Waals surface area contributed by atoms with Gasteiger partial charge in [-0.2, -0.15) is 0 Å². The minimum Gasteiger partial charge on any atom is -0.310 e. The predicted molar refractivity (Wildman–Crippen MR) is 169 cm³/mol. The average molecular weight is 500 g/mol. The molecule has 1 nitrogen and oxygen atoms in total. The number of fused-ring (bicyclic) bond motifs is 4. The zero-order valence-electron chi connectivity index (χ0n) is 23.4. The maximum Gasteiger partial charge on any atom is 0.0629 e. The lowest BCUT2D eigenvalue weighted by Gasteiger charge is -2.27. The maximum atomic E-state index is 8.85. The van der Waals surface area contributed by atoms with Crippen LogP contribution >= 0.6 is 0 Å². The smallest absolute Gasteiger partial charge is 0.0629 e. The van der Waals surface area contributed by atoms with E-state index in [9.17, 15) is 0 Å². The monoisotopic (exact) mass is 499 g/mol. The van der Waals surface area contributed by atoms with Crippen LogP contribution in [0.5, 0.6) is 0 Å². The first kappa shape index (κ1) is 20.9. The van der Waals surface area contributed by atoms with Crippen LogP contribution in [0.25, 0.3) is 44.4 Å². The van der Waals surface area contributed by atoms with Gasteiger partial charge < -0.3 is 4.90 Å². The number of hydrogen-bond donors (Lipinski definition) is 0. The molecule has 0 unspecified atom stereocenters. The van der Waals surface area contributed by atoms with Crippen LogP contribution in [-0.2, 0) is 0 Å². The van der Waals surface area contributed by atoms with Crippen molar-refractivity contribution in [2.24, 2.45) is 0 Å². The van der Waals surface area contributed by atoms with E-state index in [1.54, 1.807) is 0 Å². The van der Waals surface area contributed by atoms with E-state index in [0.29, 0.717) is 5.56 Å². The van der Waals surface area contributed by atoms with Gasteiger partial charge >= 0.3 is 0 Å². The van der Waals surface area contributed by atoms with Gasteiger partial charge in [-0.05, 0) is 74.5 Å². The van der Waals surface area contributed by atoms with Gasteiger partial charge in [0, 0.05) is 16.8 Å². The summed E-state index contributed by atoms with van der Waals surface area (Å²) in [5, 5.41) is 7.00. The third kappa shape index (κ3) is 4.45. The lowest BCUT2D eigenvalue weighted by atomic mass is 9.99. The van der Waals surface area contributed by atoms with Crippen molar-refractivity contribution in [1.82, 2.24) is 0 Å². The molecule has 0 saturated carbocycles. The van der Waals surface area contributed by atoms with Crippen LogP contribution in [0.1, 0.15) is 13.9 Å². The molecule has 0 fully saturated rings. The minimum absolute atomic E-state index is 0.203. The van der Waals surface area contributed by atoms with Gasteiger partial charge in [0.25, 0.3) is 0 Å². The number of nitrogens with zero attached hydrogens (tertiary/aromatic N) is 1. The van der Waals surface area contributed by atoms with Crippen LogP contribution in [0.2, 0.25) is 0 Å². The van der Waals surface area contributed by atoms with Gasteiger partial charge in [-0.3, -0.25) is 0 Å². The van der Waals surface area contributed by atoms with Crippen molar-refractivity contribution in [1.29, 1.82) is 0 Å². The van der Waals surface area contributed by atoms with Crippen LogP contribution in [0.3, 0.4) is 0 Å². The SMILES string of the molecule is [2H]/C(=C(/[2H])c1ccc2ccccc2c1)c1ccc(N(c2ccccc2)c2cc3ccccc3c3ccccc23)cc1. The van der Waals surface area contributed by atoms with Crippen LogP contribution in [-0.4, -0.2) is 0 Å². The molecule has 0 aliphatic rings. The molecule has 0 atom stereocenters. The van der Waals surface area contributed by atoms with E-state index >= 15 is 0 Å². The largest absolute Gasteiger partial charge is 0.310 e. The summed E-state index contributed by atoms with van der Waals surface area (Å²) in [4.78, 5) is 2.27. The third-order valence-electron chi connectivity index (χ3n) is 7.23. The Balaban J connectivity index is 1.34. The van der Waals surface area contributed by atoms with Crippen molar-refractivity contribution >= 4 is 61.5 Å². The van der Waals surface area contributed by atoms with E-state index in [1.807, 2.05) is 54.6 Å². The Bertz CT molecular complexity index is 2060. The number of benzene rings is 7. The van der Waals surface area contributed by atoms with Gasteiger partial charge in [0.05, 0.1) is 8.43 Å². The fourth-order valence-electron chi connectivity index (χ4n) is 5.33. The van der Waals surface area contributed by atoms with Crippen molar-refractivity contribution in [2.45, 2.75) is 0 Å². The number of anilines is 3. The highest BCUT2D eigenvalue weighted by molar-refractivity contribution is 6.14. The second-order valence-electron chi connectivity index (χ2n) is 9.69. The molecule has 0 aliphatic heterocycles. The lowest BCUT2D eigenvalue weighted by molar-refractivity contribution is 1.30. The number of rotatable bonds is 5. The molecule has 0 saturated heterocycles. The summed E-state index contributed by atoms with van der Waals surface area (Å²) in [5.74, 6) is 0. The summed E-state index contributed by atoms with van der Waals surface area (Å²) < 4.78 is 17.6. The highest BCUT2D eigenvalue weighted by Gasteiger charge is 2.16. The summed E-state index contributed by atoms with van der Waals surface area (Å²) in [7, 11) is 0. The molecule has 0 amide bonds. The molecule has 7 aromatic carbocycles. The molecular formula is C38H27N. The van der Waals surface area contributed by atoms with E-state index < -0.39 is 0 Å². The van der Waals surface area contributed by atoms with E-state index in [-0.39, 0.29) is 12.1 Å². The summed E-state index contributed by atoms with van der Waals surface area (Å²) >= 11 is 0. The average Bonchev–Trinajstić information content (AvgIpc) is 3.05. The van der Waals surface area contributed by atoms with Crippen LogP contribution in [0.4, 0.5) is 17.1 Å². The van der Waals surface area contributed by atoms with Crippen LogP contribution < -0.4 is 4.90 Å². The van der Waals surface area contributed by atoms with Crippen LogP contribution in [0, 0.1) is 0 Å². The van der Waals surface area contributed by atoms with Crippen molar-refractivity contribution < 1.29 is 2.74 Å². The quantitative estimate of drug-likeness (QED) is 0.168. The Morgan fingerprint density at radius 2 is 0.974 bits per heavy atom. The molecule has 39 heavy (non-hydrogen) atoms. The van der Waals surface area contributed by atoms with E-state index in [4.69, 9.17) is 2.74 Å². The molecule has 184 valence electrons. The van der Waals surface area contributed by atoms with Gasteiger partial charge in [0.2, 0.25) is 0 Å². The Morgan fingerprint density at radius 3 is 1.77 bits per heavy atom. The molecule has 7 aromatic rings. The molecule has 7 rings (SSSR count). The lowest BCUT2D eigenvalue weighted by Crippen LogP contribution is -2.10. The molecule has 0 spiro atoms. The molecule has 1 heteroatoms. The highest BCUT2D eigenvalue weighted by atomic mass is 15.1. The van der Waals surface area contributed by atoms with E-state index in [0.717, 1.165) is 33.4 Å². The summed E-state index contributed by atoms with van der Waals surface area (Å²) in [5.41, 5.74) is 4.59. The Labute approximate surface area is 231 Å². The second kappa shape index (κ2) is 9.96. The van der Waals surface area contributed by atoms with Gasteiger partial charge in [0.1, 0.15) is 0 Å². The molecule has 0 aliphatic carbocycles. The fraction of sp³-hybridized carbons (Fsp3) is 0. The summed E-state index contributed by atoms with van der Waals surface area (Å²) in [6.07, 6.45) is 0. The Hall–Kier alpha value is -5.14. The number of para-hydroxylation sites is 1. The molecule has 0 N–H and O–H groups in total. The topological polar surface area (TPSA) is 3.24 Å². The minimum atomic E-state index is 0.203. The molecule has 0 heterocycles. The fourth-order valence-corrected chi connectivity index (χ4v) is 5.33. The van der Waals surface area contributed by atoms with Gasteiger partial charge in [-0.25, -0.2) is 0 Å². The van der Waals surface area contributed by atoms with Crippen LogP contribution in [0.15, 0.2) is 152 Å². The van der Waals surface area contributed by atoms with Crippen molar-refractivity contribution in [3.05, 3.63) is 163 Å². The van der Waals surface area contributed by atoms with Crippen molar-refractivity contribution in [3.8, 4) is 0 Å². The normalized spacial score (nSPS) is 12.7. The van der Waals surface area contributed by atoms with Gasteiger partial charge in [-0.1, -0.05) is 127 Å². The summed E-state index contributed by atoms with van der Waals surface area (Å²) in [6, 6.07) is 52.2. The molecular weight excluding hydrogens is 470 g/mol. The van der Waals surface area contributed by atoms with Gasteiger partial charge in [-0.15, -0.1) is 0 Å². The highest BCUT2D eigenvalue weighted by Crippen LogP contribution is 2.41. The zero-order valence-corrected chi connectivity index (χ0v) is 21.4. The molecule has 0 aromatic heterocycles. The van der Waals surface area contributed by atoms with Crippen molar-refractivity contribution in [3.63, 3.8) is 0 Å². The van der Waals surface area contributed by atoms with Crippen molar-refractivity contribution in [2.75, 3.05) is 4.90 Å². The Kier molecular flexibility index (Phi) is 5.33.